The van der Waals surface area contributed by atoms with Crippen molar-refractivity contribution in [3.05, 3.63) is 152 Å². The second kappa shape index (κ2) is 20.2. The van der Waals surface area contributed by atoms with Crippen LogP contribution in [0.4, 0.5) is 11.4 Å². The molecule has 0 aromatic heterocycles. The van der Waals surface area contributed by atoms with E-state index in [9.17, 15) is 28.8 Å². The molecule has 5 aromatic rings. The molecule has 0 aliphatic carbocycles. The van der Waals surface area contributed by atoms with Crippen LogP contribution >= 0.6 is 31.9 Å². The maximum atomic E-state index is 13.6. The summed E-state index contributed by atoms with van der Waals surface area (Å²) >= 11 is 6.79. The van der Waals surface area contributed by atoms with Crippen LogP contribution in [-0.2, 0) is 9.59 Å². The smallest absolute Gasteiger partial charge is 0.344 e. The Kier molecular flexibility index (Phi) is 15.1. The van der Waals surface area contributed by atoms with Gasteiger partial charge in [0.2, 0.25) is 11.8 Å². The average molecular weight is 967 g/mol. The number of nitrogens with one attached hydrogen (secondary N) is 4. The van der Waals surface area contributed by atoms with Crippen molar-refractivity contribution in [1.29, 1.82) is 0 Å². The molecule has 0 unspecified atom stereocenters. The molecule has 0 fully saturated rings. The molecule has 14 nitrogen and oxygen atoms in total. The Morgan fingerprint density at radius 2 is 0.871 bits per heavy atom. The van der Waals surface area contributed by atoms with Gasteiger partial charge in [0, 0.05) is 53.4 Å². The number of hydrogen-bond acceptors (Lipinski definition) is 10. The molecular weight excluding hydrogens is 924 g/mol. The number of carbonyl (C=O) groups excluding carboxylic acids is 6. The minimum Gasteiger partial charge on any atom is -0.422 e. The van der Waals surface area contributed by atoms with Crippen LogP contribution in [0.15, 0.2) is 128 Å². The van der Waals surface area contributed by atoms with E-state index in [1.165, 1.54) is 36.7 Å². The number of halogens is 2. The van der Waals surface area contributed by atoms with E-state index in [0.717, 1.165) is 0 Å². The highest BCUT2D eigenvalue weighted by Crippen LogP contribution is 2.26. The minimum absolute atomic E-state index is 0.0787. The predicted octanol–water partition coefficient (Wildman–Crippen LogP) is 9.15. The van der Waals surface area contributed by atoms with E-state index in [-0.39, 0.29) is 45.6 Å². The number of hydrazone groups is 2. The predicted molar refractivity (Wildman–Crippen MR) is 244 cm³/mol. The zero-order chi connectivity index (χ0) is 45.2. The molecule has 5 rings (SSSR count). The van der Waals surface area contributed by atoms with Crippen LogP contribution in [0.5, 0.6) is 11.5 Å². The summed E-state index contributed by atoms with van der Waals surface area (Å²) in [7, 11) is 0. The second-order valence-corrected chi connectivity index (χ2v) is 17.5. The summed E-state index contributed by atoms with van der Waals surface area (Å²) in [5.41, 5.74) is 5.81. The Hall–Kier alpha value is -6.78. The summed E-state index contributed by atoms with van der Waals surface area (Å²) in [6.45, 7) is 10.8. The highest BCUT2D eigenvalue weighted by atomic mass is 79.9. The van der Waals surface area contributed by atoms with Crippen molar-refractivity contribution < 1.29 is 38.2 Å². The quantitative estimate of drug-likeness (QED) is 0.0411. The Labute approximate surface area is 374 Å². The molecule has 4 amide bonds. The molecule has 5 aromatic carbocycles. The zero-order valence-corrected chi connectivity index (χ0v) is 37.6. The third kappa shape index (κ3) is 12.9. The number of nitrogens with zero attached hydrogens (tertiary/aromatic N) is 2. The number of ether oxygens (including phenoxy) is 2. The third-order valence-electron chi connectivity index (χ3n) is 8.63. The first-order chi connectivity index (χ1) is 29.3. The Balaban J connectivity index is 1.24. The van der Waals surface area contributed by atoms with Crippen LogP contribution in [0.2, 0.25) is 0 Å². The van der Waals surface area contributed by atoms with Crippen LogP contribution in [0.25, 0.3) is 0 Å². The van der Waals surface area contributed by atoms with Gasteiger partial charge in [-0.2, -0.15) is 10.2 Å². The first-order valence-corrected chi connectivity index (χ1v) is 20.5. The molecule has 16 heteroatoms. The molecule has 0 aliphatic heterocycles. The number of benzene rings is 5. The van der Waals surface area contributed by atoms with Crippen molar-refractivity contribution >= 4 is 91.2 Å². The maximum absolute atomic E-state index is 13.6. The Bertz CT molecular complexity index is 2400. The fourth-order valence-corrected chi connectivity index (χ4v) is 5.83. The first kappa shape index (κ1) is 46.3. The van der Waals surface area contributed by atoms with Crippen LogP contribution in [0.3, 0.4) is 0 Å². The van der Waals surface area contributed by atoms with Crippen molar-refractivity contribution in [2.24, 2.45) is 21.0 Å². The van der Waals surface area contributed by atoms with Gasteiger partial charge in [0.15, 0.2) is 0 Å². The van der Waals surface area contributed by atoms with Crippen molar-refractivity contribution in [3.63, 3.8) is 0 Å². The molecule has 0 saturated carbocycles. The average Bonchev–Trinajstić information content (AvgIpc) is 3.22. The SMILES string of the molecule is CC(C)(C)C(=O)Nc1ccc(C(=O)N/N=C\c2cc(Br)ccc2OC(=O)c2ccccc2C(=O)Oc2ccc(Br)cc2/C=N\NC(=O)c2ccc(NC(=O)C(C)(C)C)cc2)cc1. The summed E-state index contributed by atoms with van der Waals surface area (Å²) in [6, 6.07) is 28.1. The molecule has 4 N–H and O–H groups in total. The van der Waals surface area contributed by atoms with Crippen molar-refractivity contribution in [3.8, 4) is 11.5 Å². The normalized spacial score (nSPS) is 11.5. The molecular formula is C46H42Br2N6O8. The molecule has 318 valence electrons. The van der Waals surface area contributed by atoms with Gasteiger partial charge >= 0.3 is 11.9 Å². The lowest BCUT2D eigenvalue weighted by molar-refractivity contribution is -0.123. The van der Waals surface area contributed by atoms with Gasteiger partial charge < -0.3 is 20.1 Å². The first-order valence-electron chi connectivity index (χ1n) is 18.9. The topological polar surface area (TPSA) is 194 Å². The van der Waals surface area contributed by atoms with Crippen LogP contribution < -0.4 is 31.0 Å². The molecule has 0 aliphatic rings. The van der Waals surface area contributed by atoms with E-state index in [1.807, 2.05) is 0 Å². The summed E-state index contributed by atoms with van der Waals surface area (Å²) in [4.78, 5) is 77.4. The van der Waals surface area contributed by atoms with E-state index in [0.29, 0.717) is 31.4 Å². The fraction of sp³-hybridized carbons (Fsp3) is 0.174. The summed E-state index contributed by atoms with van der Waals surface area (Å²) in [5.74, 6) is -2.96. The lowest BCUT2D eigenvalue weighted by Crippen LogP contribution is -2.27. The van der Waals surface area contributed by atoms with E-state index in [2.05, 4.69) is 63.5 Å². The summed E-state index contributed by atoms with van der Waals surface area (Å²) < 4.78 is 12.7. The van der Waals surface area contributed by atoms with Gasteiger partial charge in [0.25, 0.3) is 11.8 Å². The number of amides is 4. The third-order valence-corrected chi connectivity index (χ3v) is 9.61. The monoisotopic (exact) mass is 964 g/mol. The molecule has 0 saturated heterocycles. The van der Waals surface area contributed by atoms with Gasteiger partial charge in [0.05, 0.1) is 23.6 Å². The van der Waals surface area contributed by atoms with Crippen molar-refractivity contribution in [2.75, 3.05) is 10.6 Å². The number of anilines is 2. The van der Waals surface area contributed by atoms with Gasteiger partial charge in [-0.3, -0.25) is 19.2 Å². The molecule has 62 heavy (non-hydrogen) atoms. The molecule has 0 spiro atoms. The minimum atomic E-state index is -0.873. The highest BCUT2D eigenvalue weighted by molar-refractivity contribution is 9.10. The zero-order valence-electron chi connectivity index (χ0n) is 34.5. The van der Waals surface area contributed by atoms with E-state index >= 15 is 0 Å². The maximum Gasteiger partial charge on any atom is 0.344 e. The number of carbonyl (C=O) groups is 6. The standard InChI is InChI=1S/C46H42Br2N6O8/c1-45(2,3)43(59)51-33-17-11-27(12-18-33)39(55)53-49-25-29-23-31(47)15-21-37(29)61-41(57)35-9-7-8-10-36(35)42(58)62-38-22-16-32(48)24-30(38)26-50-54-40(56)28-13-19-34(20-14-28)52-44(60)46(4,5)6/h7-26H,1-6H3,(H,51,59)(H,52,60)(H,53,55)(H,54,56)/b49-25-,50-26-. The highest BCUT2D eigenvalue weighted by Gasteiger charge is 2.24. The van der Waals surface area contributed by atoms with Crippen LogP contribution in [0, 0.1) is 10.8 Å². The fourth-order valence-electron chi connectivity index (χ4n) is 5.07. The van der Waals surface area contributed by atoms with E-state index in [4.69, 9.17) is 9.47 Å². The largest absolute Gasteiger partial charge is 0.422 e. The van der Waals surface area contributed by atoms with Crippen LogP contribution in [0.1, 0.15) is 94.1 Å². The van der Waals surface area contributed by atoms with Gasteiger partial charge in [-0.05, 0) is 97.1 Å². The van der Waals surface area contributed by atoms with Crippen LogP contribution in [-0.4, -0.2) is 48.0 Å². The Morgan fingerprint density at radius 3 is 1.21 bits per heavy atom. The number of esters is 2. The van der Waals surface area contributed by atoms with Gasteiger partial charge in [-0.15, -0.1) is 0 Å². The molecule has 0 atom stereocenters. The van der Waals surface area contributed by atoms with Crippen molar-refractivity contribution in [2.45, 2.75) is 41.5 Å². The molecule has 0 radical (unpaired) electrons. The molecule has 0 heterocycles. The number of rotatable bonds is 12. The summed E-state index contributed by atoms with van der Waals surface area (Å²) in [5, 5.41) is 13.7. The Morgan fingerprint density at radius 1 is 0.516 bits per heavy atom. The van der Waals surface area contributed by atoms with E-state index in [1.54, 1.807) is 126 Å². The summed E-state index contributed by atoms with van der Waals surface area (Å²) in [6.07, 6.45) is 2.60. The van der Waals surface area contributed by atoms with Crippen molar-refractivity contribution in [1.82, 2.24) is 10.9 Å². The lowest BCUT2D eigenvalue weighted by Gasteiger charge is -2.17. The number of hydrogen-bond donors (Lipinski definition) is 4. The van der Waals surface area contributed by atoms with Gasteiger partial charge in [-0.25, -0.2) is 20.4 Å². The molecule has 0 bridgehead atoms. The van der Waals surface area contributed by atoms with Gasteiger partial charge in [-0.1, -0.05) is 85.5 Å². The van der Waals surface area contributed by atoms with Gasteiger partial charge in [0.1, 0.15) is 11.5 Å². The lowest BCUT2D eigenvalue weighted by atomic mass is 9.95. The van der Waals surface area contributed by atoms with E-state index < -0.39 is 34.6 Å². The second-order valence-electron chi connectivity index (χ2n) is 15.7.